The number of carbonyl (C=O) groups is 1. The lowest BCUT2D eigenvalue weighted by Gasteiger charge is -2.29. The zero-order valence-electron chi connectivity index (χ0n) is 19.3. The predicted molar refractivity (Wildman–Crippen MR) is 121 cm³/mol. The summed E-state index contributed by atoms with van der Waals surface area (Å²) in [4.78, 5) is 24.1. The number of oxazole rings is 1. The van der Waals surface area contributed by atoms with Crippen LogP contribution < -0.4 is 4.90 Å². The molecule has 1 aliphatic heterocycles. The number of piperidine rings is 1. The number of esters is 1. The van der Waals surface area contributed by atoms with Crippen LogP contribution in [-0.4, -0.2) is 34.6 Å². The Kier molecular flexibility index (Phi) is 6.38. The van der Waals surface area contributed by atoms with Crippen LogP contribution in [0, 0.1) is 0 Å². The van der Waals surface area contributed by atoms with Crippen LogP contribution in [0.2, 0.25) is 0 Å². The Hall–Kier alpha value is -3.36. The van der Waals surface area contributed by atoms with Crippen LogP contribution in [0.4, 0.5) is 19.0 Å². The van der Waals surface area contributed by atoms with E-state index in [0.29, 0.717) is 16.9 Å². The highest BCUT2D eigenvalue weighted by molar-refractivity contribution is 5.96. The van der Waals surface area contributed by atoms with E-state index in [4.69, 9.17) is 9.15 Å². The van der Waals surface area contributed by atoms with Gasteiger partial charge in [-0.3, -0.25) is 0 Å². The van der Waals surface area contributed by atoms with Gasteiger partial charge in [0.25, 0.3) is 0 Å². The third-order valence-corrected chi connectivity index (χ3v) is 5.37. The maximum atomic E-state index is 13.0. The van der Waals surface area contributed by atoms with Gasteiger partial charge in [0.15, 0.2) is 11.5 Å². The first-order chi connectivity index (χ1) is 16.0. The van der Waals surface area contributed by atoms with Crippen molar-refractivity contribution in [3.63, 3.8) is 0 Å². The number of carbonyl (C=O) groups excluding carboxylic acids is 1. The Morgan fingerprint density at radius 2 is 1.71 bits per heavy atom. The Bertz CT molecular complexity index is 1160. The molecule has 1 aromatic carbocycles. The predicted octanol–water partition coefficient (Wildman–Crippen LogP) is 6.37. The van der Waals surface area contributed by atoms with Crippen molar-refractivity contribution in [1.29, 1.82) is 0 Å². The lowest BCUT2D eigenvalue weighted by Crippen LogP contribution is -2.30. The van der Waals surface area contributed by atoms with Gasteiger partial charge in [-0.05, 0) is 76.4 Å². The Morgan fingerprint density at radius 1 is 1.03 bits per heavy atom. The van der Waals surface area contributed by atoms with Gasteiger partial charge in [0.2, 0.25) is 5.89 Å². The molecule has 34 heavy (non-hydrogen) atoms. The Morgan fingerprint density at radius 3 is 2.32 bits per heavy atom. The molecule has 0 spiro atoms. The summed E-state index contributed by atoms with van der Waals surface area (Å²) in [6.45, 7) is 6.87. The molecule has 0 saturated carbocycles. The van der Waals surface area contributed by atoms with Gasteiger partial charge in [0, 0.05) is 24.8 Å². The van der Waals surface area contributed by atoms with E-state index in [-0.39, 0.29) is 17.3 Å². The van der Waals surface area contributed by atoms with E-state index >= 15 is 0 Å². The number of aromatic nitrogens is 2. The largest absolute Gasteiger partial charge is 0.455 e. The normalized spacial score (nSPS) is 14.8. The molecule has 3 heterocycles. The summed E-state index contributed by atoms with van der Waals surface area (Å²) in [5.41, 5.74) is -0.707. The quantitative estimate of drug-likeness (QED) is 0.410. The van der Waals surface area contributed by atoms with Crippen molar-refractivity contribution in [3.05, 3.63) is 53.9 Å². The van der Waals surface area contributed by atoms with Crippen molar-refractivity contribution in [1.82, 2.24) is 9.97 Å². The maximum absolute atomic E-state index is 13.0. The smallest absolute Gasteiger partial charge is 0.416 e. The molecule has 180 valence electrons. The zero-order valence-corrected chi connectivity index (χ0v) is 19.3. The molecule has 1 fully saturated rings. The van der Waals surface area contributed by atoms with Crippen LogP contribution in [0.5, 0.6) is 0 Å². The van der Waals surface area contributed by atoms with Gasteiger partial charge in [-0.1, -0.05) is 0 Å². The van der Waals surface area contributed by atoms with Crippen LogP contribution in [0.3, 0.4) is 0 Å². The molecular weight excluding hydrogens is 447 g/mol. The minimum Gasteiger partial charge on any atom is -0.455 e. The van der Waals surface area contributed by atoms with Gasteiger partial charge in [0.05, 0.1) is 11.1 Å². The van der Waals surface area contributed by atoms with E-state index < -0.39 is 23.3 Å². The number of hydrogen-bond donors (Lipinski definition) is 0. The van der Waals surface area contributed by atoms with E-state index in [2.05, 4.69) is 14.9 Å². The fraction of sp³-hybridized carbons (Fsp3) is 0.400. The molecule has 0 N–H and O–H groups in total. The lowest BCUT2D eigenvalue weighted by molar-refractivity contribution is -0.137. The molecule has 2 aromatic heterocycles. The maximum Gasteiger partial charge on any atom is 0.416 e. The first-order valence-electron chi connectivity index (χ1n) is 11.1. The van der Waals surface area contributed by atoms with Gasteiger partial charge in [-0.25, -0.2) is 14.8 Å². The molecule has 4 rings (SSSR count). The Labute approximate surface area is 195 Å². The second-order valence-electron chi connectivity index (χ2n) is 9.20. The number of halogens is 3. The fourth-order valence-corrected chi connectivity index (χ4v) is 3.82. The van der Waals surface area contributed by atoms with E-state index in [1.165, 1.54) is 12.1 Å². The summed E-state index contributed by atoms with van der Waals surface area (Å²) in [7, 11) is 0. The molecule has 0 radical (unpaired) electrons. The monoisotopic (exact) mass is 473 g/mol. The van der Waals surface area contributed by atoms with Crippen LogP contribution in [0.1, 0.15) is 56.1 Å². The van der Waals surface area contributed by atoms with Crippen LogP contribution in [-0.2, 0) is 10.9 Å². The highest BCUT2D eigenvalue weighted by Gasteiger charge is 2.32. The molecular formula is C25H26F3N3O3. The van der Waals surface area contributed by atoms with Gasteiger partial charge in [-0.2, -0.15) is 13.2 Å². The van der Waals surface area contributed by atoms with Gasteiger partial charge in [-0.15, -0.1) is 0 Å². The third kappa shape index (κ3) is 5.24. The van der Waals surface area contributed by atoms with Crippen molar-refractivity contribution in [2.75, 3.05) is 18.0 Å². The standard InChI is InChI=1S/C25H26F3N3O3/c1-24(2,3)34-23(32)19-20(18-8-7-13-29-21(18)31-14-5-4-6-15-31)33-22(30-19)16-9-11-17(12-10-16)25(26,27)28/h7-13H,4-6,14-15H2,1-3H3. The van der Waals surface area contributed by atoms with Crippen LogP contribution in [0.15, 0.2) is 47.0 Å². The molecule has 0 unspecified atom stereocenters. The van der Waals surface area contributed by atoms with E-state index in [1.807, 2.05) is 0 Å². The fourth-order valence-electron chi connectivity index (χ4n) is 3.82. The summed E-state index contributed by atoms with van der Waals surface area (Å²) in [5.74, 6) is 0.191. The van der Waals surface area contributed by atoms with Gasteiger partial charge < -0.3 is 14.1 Å². The van der Waals surface area contributed by atoms with Gasteiger partial charge >= 0.3 is 12.1 Å². The molecule has 1 aliphatic rings. The topological polar surface area (TPSA) is 68.5 Å². The van der Waals surface area contributed by atoms with E-state index in [9.17, 15) is 18.0 Å². The summed E-state index contributed by atoms with van der Waals surface area (Å²) < 4.78 is 50.5. The lowest BCUT2D eigenvalue weighted by atomic mass is 10.1. The molecule has 0 amide bonds. The highest BCUT2D eigenvalue weighted by atomic mass is 19.4. The first kappa shape index (κ1) is 23.8. The number of benzene rings is 1. The number of nitrogens with zero attached hydrogens (tertiary/aromatic N) is 3. The molecule has 1 saturated heterocycles. The zero-order chi connectivity index (χ0) is 24.5. The Balaban J connectivity index is 1.81. The molecule has 0 aliphatic carbocycles. The number of pyridine rings is 1. The third-order valence-electron chi connectivity index (χ3n) is 5.37. The summed E-state index contributed by atoms with van der Waals surface area (Å²) >= 11 is 0. The number of alkyl halides is 3. The number of anilines is 1. The number of rotatable bonds is 4. The molecule has 0 atom stereocenters. The summed E-state index contributed by atoms with van der Waals surface area (Å²) in [6, 6.07) is 7.98. The van der Waals surface area contributed by atoms with Crippen LogP contribution >= 0.6 is 0 Å². The second kappa shape index (κ2) is 9.12. The molecule has 0 bridgehead atoms. The highest BCUT2D eigenvalue weighted by Crippen LogP contribution is 2.37. The summed E-state index contributed by atoms with van der Waals surface area (Å²) in [5, 5.41) is 0. The van der Waals surface area contributed by atoms with Gasteiger partial charge in [0.1, 0.15) is 11.4 Å². The van der Waals surface area contributed by atoms with E-state index in [1.54, 1.807) is 39.1 Å². The van der Waals surface area contributed by atoms with Crippen molar-refractivity contribution in [2.24, 2.45) is 0 Å². The number of hydrogen-bond acceptors (Lipinski definition) is 6. The van der Waals surface area contributed by atoms with Crippen molar-refractivity contribution in [3.8, 4) is 22.8 Å². The first-order valence-corrected chi connectivity index (χ1v) is 11.1. The molecule has 9 heteroatoms. The average Bonchev–Trinajstić information content (AvgIpc) is 3.24. The van der Waals surface area contributed by atoms with Crippen molar-refractivity contribution in [2.45, 2.75) is 51.8 Å². The average molecular weight is 473 g/mol. The van der Waals surface area contributed by atoms with E-state index in [0.717, 1.165) is 44.5 Å². The van der Waals surface area contributed by atoms with Crippen LogP contribution in [0.25, 0.3) is 22.8 Å². The number of ether oxygens (including phenoxy) is 1. The second-order valence-corrected chi connectivity index (χ2v) is 9.20. The van der Waals surface area contributed by atoms with Crippen molar-refractivity contribution >= 4 is 11.8 Å². The SMILES string of the molecule is CC(C)(C)OC(=O)c1nc(-c2ccc(C(F)(F)F)cc2)oc1-c1cccnc1N1CCCCC1. The molecule has 3 aromatic rings. The minimum absolute atomic E-state index is 0.0260. The minimum atomic E-state index is -4.46. The summed E-state index contributed by atoms with van der Waals surface area (Å²) in [6.07, 6.45) is 0.418. The molecule has 6 nitrogen and oxygen atoms in total. The van der Waals surface area contributed by atoms with Crippen molar-refractivity contribution < 1.29 is 27.1 Å².